The van der Waals surface area contributed by atoms with Gasteiger partial charge in [-0.15, -0.1) is 10.2 Å². The summed E-state index contributed by atoms with van der Waals surface area (Å²) in [6.45, 7) is 24.9. The highest BCUT2D eigenvalue weighted by molar-refractivity contribution is 7.80. The number of piperazine rings is 1. The molecular formula is C33H36N8O5S2. The largest absolute Gasteiger partial charge is 0.726 e. The van der Waals surface area contributed by atoms with Gasteiger partial charge in [-0.3, -0.25) is 8.98 Å². The molecule has 0 spiro atoms. The zero-order chi connectivity index (χ0) is 35.1. The van der Waals surface area contributed by atoms with E-state index >= 15 is 0 Å². The van der Waals surface area contributed by atoms with Crippen molar-refractivity contribution in [2.45, 2.75) is 13.8 Å². The zero-order valence-corrected chi connectivity index (χ0v) is 29.0. The van der Waals surface area contributed by atoms with Gasteiger partial charge in [-0.2, -0.15) is 14.7 Å². The summed E-state index contributed by atoms with van der Waals surface area (Å²) in [6, 6.07) is 15.1. The van der Waals surface area contributed by atoms with Gasteiger partial charge in [-0.05, 0) is 49.8 Å². The Kier molecular flexibility index (Phi) is 11.6. The summed E-state index contributed by atoms with van der Waals surface area (Å²) in [6.07, 6.45) is 1.79. The van der Waals surface area contributed by atoms with Crippen LogP contribution < -0.4 is 9.80 Å². The second-order valence-electron chi connectivity index (χ2n) is 11.4. The van der Waals surface area contributed by atoms with Crippen LogP contribution in [0.25, 0.3) is 21.3 Å². The summed E-state index contributed by atoms with van der Waals surface area (Å²) in [5, 5.41) is 9.42. The first kappa shape index (κ1) is 36.1. The minimum Gasteiger partial charge on any atom is -0.726 e. The first-order valence-electron chi connectivity index (χ1n) is 15.1. The molecule has 15 heteroatoms. The highest BCUT2D eigenvalue weighted by Crippen LogP contribution is 2.43. The molecule has 5 rings (SSSR count). The molecule has 0 atom stereocenters. The molecular weight excluding hydrogens is 653 g/mol. The van der Waals surface area contributed by atoms with Gasteiger partial charge < -0.3 is 18.8 Å². The summed E-state index contributed by atoms with van der Waals surface area (Å²) in [5.41, 5.74) is 3.70. The zero-order valence-electron chi connectivity index (χ0n) is 27.4. The highest BCUT2D eigenvalue weighted by atomic mass is 32.3. The van der Waals surface area contributed by atoms with E-state index in [2.05, 4.69) is 61.8 Å². The number of fused-ring (bicyclic) bond motifs is 1. The molecule has 0 radical (unpaired) electrons. The van der Waals surface area contributed by atoms with E-state index in [9.17, 15) is 17.8 Å². The number of nitrogens with zero attached hydrogens (tertiary/aromatic N) is 8. The van der Waals surface area contributed by atoms with Crippen molar-refractivity contribution in [1.29, 1.82) is 0 Å². The average Bonchev–Trinajstić information content (AvgIpc) is 3.60. The Balaban J connectivity index is 0.000000794. The van der Waals surface area contributed by atoms with Crippen LogP contribution in [-0.2, 0) is 14.6 Å². The van der Waals surface area contributed by atoms with Crippen molar-refractivity contribution < 1.29 is 26.4 Å². The van der Waals surface area contributed by atoms with Crippen molar-refractivity contribution in [3.63, 3.8) is 0 Å². The minimum atomic E-state index is -4.41. The topological polar surface area (TPSA) is 136 Å². The lowest BCUT2D eigenvalue weighted by molar-refractivity contribution is -0.890. The molecule has 0 saturated carbocycles. The number of hydrogen-bond acceptors (Lipinski definition) is 11. The lowest BCUT2D eigenvalue weighted by atomic mass is 10.0. The molecule has 13 nitrogen and oxygen atoms in total. The number of rotatable bonds is 8. The summed E-state index contributed by atoms with van der Waals surface area (Å²) >= 11 is 1.35. The van der Waals surface area contributed by atoms with Crippen molar-refractivity contribution in [3.05, 3.63) is 98.8 Å². The van der Waals surface area contributed by atoms with Crippen LogP contribution in [0.2, 0.25) is 0 Å². The highest BCUT2D eigenvalue weighted by Gasteiger charge is 2.36. The quantitative estimate of drug-likeness (QED) is 0.0684. The van der Waals surface area contributed by atoms with Crippen LogP contribution in [0.3, 0.4) is 0 Å². The van der Waals surface area contributed by atoms with Gasteiger partial charge in [-0.25, -0.2) is 8.42 Å². The van der Waals surface area contributed by atoms with E-state index in [4.69, 9.17) is 18.1 Å². The first-order valence-corrected chi connectivity index (χ1v) is 17.2. The maximum atomic E-state index is 13.6. The number of thiazole rings is 1. The number of Topliss-reactive ketones (excluding diaryl/α,β-unsaturated/α-hetero) is 1. The van der Waals surface area contributed by atoms with Crippen LogP contribution in [-0.4, -0.2) is 88.7 Å². The summed E-state index contributed by atoms with van der Waals surface area (Å²) in [5.74, 6) is 0.432. The van der Waals surface area contributed by atoms with Crippen LogP contribution >= 0.6 is 11.3 Å². The minimum absolute atomic E-state index is 0.115. The molecule has 250 valence electrons. The molecule has 1 aromatic heterocycles. The number of likely N-dealkylation sites (N-methyl/N-ethyl adjacent to an activating group) is 1. The van der Waals surface area contributed by atoms with Gasteiger partial charge in [0.2, 0.25) is 15.5 Å². The summed E-state index contributed by atoms with van der Waals surface area (Å²) in [7, 11) is 0.829. The number of azo groups is 1. The van der Waals surface area contributed by atoms with Crippen molar-refractivity contribution in [3.8, 4) is 0 Å². The van der Waals surface area contributed by atoms with E-state index in [1.165, 1.54) is 11.3 Å². The molecule has 0 bridgehead atoms. The number of anilines is 2. The van der Waals surface area contributed by atoms with Crippen LogP contribution in [0.5, 0.6) is 0 Å². The molecule has 1 fully saturated rings. The maximum Gasteiger partial charge on any atom is 0.528 e. The van der Waals surface area contributed by atoms with Gasteiger partial charge in [-0.1, -0.05) is 35.6 Å². The normalized spacial score (nSPS) is 16.2. The third-order valence-corrected chi connectivity index (χ3v) is 9.26. The number of quaternary nitrogens is 1. The molecule has 1 aliphatic heterocycles. The molecule has 48 heavy (non-hydrogen) atoms. The molecule has 0 N–H and O–H groups in total. The fraction of sp³-hybridized carbons (Fsp3) is 0.333. The van der Waals surface area contributed by atoms with Crippen molar-refractivity contribution >= 4 is 61.5 Å². The van der Waals surface area contributed by atoms with Crippen LogP contribution in [0.1, 0.15) is 34.6 Å². The van der Waals surface area contributed by atoms with Crippen LogP contribution in [0, 0.1) is 13.1 Å². The predicted molar refractivity (Wildman–Crippen MR) is 186 cm³/mol. The number of allylic oxidation sites excluding steroid dienone is 2. The van der Waals surface area contributed by atoms with Crippen LogP contribution in [0.4, 0.5) is 22.3 Å². The second-order valence-corrected chi connectivity index (χ2v) is 13.5. The van der Waals surface area contributed by atoms with E-state index < -0.39 is 10.4 Å². The van der Waals surface area contributed by atoms with E-state index in [1.54, 1.807) is 24.3 Å². The Bertz CT molecular complexity index is 1920. The van der Waals surface area contributed by atoms with E-state index in [-0.39, 0.29) is 11.6 Å². The summed E-state index contributed by atoms with van der Waals surface area (Å²) < 4.78 is 31.9. The second kappa shape index (κ2) is 15.4. The van der Waals surface area contributed by atoms with E-state index in [0.29, 0.717) is 27.4 Å². The fourth-order valence-corrected chi connectivity index (χ4v) is 6.12. The van der Waals surface area contributed by atoms with Gasteiger partial charge in [0, 0.05) is 29.9 Å². The lowest BCUT2D eigenvalue weighted by Gasteiger charge is -2.39. The van der Waals surface area contributed by atoms with Gasteiger partial charge in [0.1, 0.15) is 19.0 Å². The number of ketones is 1. The summed E-state index contributed by atoms with van der Waals surface area (Å²) in [4.78, 5) is 30.6. The Morgan fingerprint density at radius 2 is 1.65 bits per heavy atom. The van der Waals surface area contributed by atoms with Gasteiger partial charge in [0.25, 0.3) is 0 Å². The lowest BCUT2D eigenvalue weighted by Crippen LogP contribution is -2.55. The molecule has 3 aromatic rings. The molecule has 1 saturated heterocycles. The number of aromatic nitrogens is 1. The number of hydrogen-bond donors (Lipinski definition) is 0. The predicted octanol–water partition coefficient (Wildman–Crippen LogP) is 6.18. The first-order chi connectivity index (χ1) is 22.8. The Labute approximate surface area is 285 Å². The van der Waals surface area contributed by atoms with Gasteiger partial charge >= 0.3 is 5.82 Å². The fourth-order valence-electron chi connectivity index (χ4n) is 5.26. The third-order valence-electron chi connectivity index (χ3n) is 7.97. The number of carbonyl (C=O) groups is 1. The van der Waals surface area contributed by atoms with E-state index in [1.807, 2.05) is 30.3 Å². The number of carbonyl (C=O) groups excluding carboxylic acids is 1. The molecule has 0 amide bonds. The maximum absolute atomic E-state index is 13.6. The molecule has 2 aromatic carbocycles. The Morgan fingerprint density at radius 1 is 1.06 bits per heavy atom. The van der Waals surface area contributed by atoms with Crippen LogP contribution in [0.15, 0.2) is 70.2 Å². The Hall–Kier alpha value is -4.77. The number of benzene rings is 2. The molecule has 1 aliphatic carbocycles. The van der Waals surface area contributed by atoms with Crippen molar-refractivity contribution in [2.24, 2.45) is 10.2 Å². The third kappa shape index (κ3) is 8.57. The monoisotopic (exact) mass is 688 g/mol. The standard InChI is InChI=1S/C32H33N8OS.CH4O4S/c1-7-38(8-2)23-15-13-22(14-16-23)36-37-32-35-31(39-17-19-40(5,6)20-18-39)27(42-32)21-26-28(30(33-3)34-4)24-11-9-10-12-25(24)29(26)41;1-5-6(2,3)4/h9-16,21H,7-8,17-20H2,1-2,5-6H3;1H3,(H,2,3,4)/q+1;/p-1/b26-21-,37-36?;. The average molecular weight is 689 g/mol. The molecule has 2 heterocycles. The van der Waals surface area contributed by atoms with Crippen molar-refractivity contribution in [1.82, 2.24) is 4.98 Å². The smallest absolute Gasteiger partial charge is 0.528 e. The van der Waals surface area contributed by atoms with Crippen molar-refractivity contribution in [2.75, 3.05) is 70.3 Å². The Morgan fingerprint density at radius 3 is 2.19 bits per heavy atom. The molecule has 0 unspecified atom stereocenters. The van der Waals surface area contributed by atoms with Gasteiger partial charge in [0.15, 0.2) is 5.78 Å². The van der Waals surface area contributed by atoms with E-state index in [0.717, 1.165) is 72.9 Å². The SMILES string of the molecule is COS(=O)(=O)[O-].[C-]#[N+]C([N+]#[C-])=C1/C(=C/c2sc(N=Nc3ccc(N(CC)CC)cc3)nc2N2CC[N+](C)(C)CC2)C(=O)c2ccccc21. The van der Waals surface area contributed by atoms with Gasteiger partial charge in [0.05, 0.1) is 63.5 Å². The molecule has 2 aliphatic rings.